The second-order valence-corrected chi connectivity index (χ2v) is 8.38. The fraction of sp³-hybridized carbons (Fsp3) is 0.714. The van der Waals surface area contributed by atoms with Crippen LogP contribution >= 0.6 is 0 Å². The van der Waals surface area contributed by atoms with Crippen molar-refractivity contribution >= 4 is 0 Å². The van der Waals surface area contributed by atoms with E-state index in [-0.39, 0.29) is 18.3 Å². The number of aromatic nitrogens is 1. The Morgan fingerprint density at radius 2 is 1.62 bits per heavy atom. The SMILES string of the molecule is CC(C)(N1CCC(OC2CCC(Oc3ccncc3C#N)CC2)CC1)C(F)(F)F. The fourth-order valence-electron chi connectivity index (χ4n) is 4.04. The van der Waals surface area contributed by atoms with E-state index < -0.39 is 11.7 Å². The van der Waals surface area contributed by atoms with Gasteiger partial charge in [0.05, 0.1) is 18.3 Å². The number of nitriles is 1. The maximum Gasteiger partial charge on any atom is 0.406 e. The molecule has 1 saturated carbocycles. The van der Waals surface area contributed by atoms with E-state index in [0.717, 1.165) is 25.7 Å². The van der Waals surface area contributed by atoms with Crippen molar-refractivity contribution < 1.29 is 22.6 Å². The molecule has 2 heterocycles. The van der Waals surface area contributed by atoms with Gasteiger partial charge in [-0.15, -0.1) is 0 Å². The van der Waals surface area contributed by atoms with Gasteiger partial charge in [0.1, 0.15) is 22.9 Å². The molecule has 160 valence electrons. The molecular formula is C21H28F3N3O2. The molecule has 0 amide bonds. The van der Waals surface area contributed by atoms with E-state index in [9.17, 15) is 13.2 Å². The number of alkyl halides is 3. The third kappa shape index (κ3) is 5.20. The third-order valence-corrected chi connectivity index (χ3v) is 6.13. The molecule has 0 spiro atoms. The van der Waals surface area contributed by atoms with Crippen molar-refractivity contribution in [3.05, 3.63) is 24.0 Å². The normalized spacial score (nSPS) is 24.8. The van der Waals surface area contributed by atoms with Crippen molar-refractivity contribution in [2.45, 2.75) is 82.4 Å². The van der Waals surface area contributed by atoms with Crippen molar-refractivity contribution in [2.24, 2.45) is 0 Å². The van der Waals surface area contributed by atoms with E-state index in [1.807, 2.05) is 0 Å². The molecule has 1 aromatic rings. The maximum absolute atomic E-state index is 13.2. The Labute approximate surface area is 169 Å². The van der Waals surface area contributed by atoms with Crippen LogP contribution in [0.4, 0.5) is 13.2 Å². The van der Waals surface area contributed by atoms with Crippen LogP contribution in [0.1, 0.15) is 57.9 Å². The van der Waals surface area contributed by atoms with Crippen LogP contribution in [0, 0.1) is 11.3 Å². The molecule has 2 fully saturated rings. The van der Waals surface area contributed by atoms with Crippen LogP contribution in [0.15, 0.2) is 18.5 Å². The molecule has 0 bridgehead atoms. The minimum absolute atomic E-state index is 0.0168. The van der Waals surface area contributed by atoms with Gasteiger partial charge < -0.3 is 9.47 Å². The van der Waals surface area contributed by atoms with Gasteiger partial charge in [0.2, 0.25) is 0 Å². The summed E-state index contributed by atoms with van der Waals surface area (Å²) in [7, 11) is 0. The number of halogens is 3. The molecule has 0 atom stereocenters. The van der Waals surface area contributed by atoms with Gasteiger partial charge in [0.15, 0.2) is 0 Å². The monoisotopic (exact) mass is 411 g/mol. The van der Waals surface area contributed by atoms with Crippen molar-refractivity contribution in [1.82, 2.24) is 9.88 Å². The van der Waals surface area contributed by atoms with Crippen LogP contribution in [0.5, 0.6) is 5.75 Å². The number of piperidine rings is 1. The summed E-state index contributed by atoms with van der Waals surface area (Å²) in [6, 6.07) is 3.79. The average molecular weight is 411 g/mol. The first-order valence-electron chi connectivity index (χ1n) is 10.2. The lowest BCUT2D eigenvalue weighted by atomic mass is 9.93. The summed E-state index contributed by atoms with van der Waals surface area (Å²) in [6.07, 6.45) is 3.66. The standard InChI is InChI=1S/C21H28F3N3O2/c1-20(2,21(22,23)24)27-11-8-18(9-12-27)28-16-3-5-17(6-4-16)29-19-7-10-26-14-15(19)13-25/h7,10,14,16-18H,3-6,8-9,11-12H2,1-2H3. The van der Waals surface area contributed by atoms with Crippen LogP contribution in [-0.4, -0.2) is 53.0 Å². The van der Waals surface area contributed by atoms with Gasteiger partial charge in [0, 0.05) is 25.5 Å². The molecule has 1 saturated heterocycles. The molecule has 1 aliphatic heterocycles. The van der Waals surface area contributed by atoms with Crippen molar-refractivity contribution in [1.29, 1.82) is 5.26 Å². The van der Waals surface area contributed by atoms with Gasteiger partial charge in [-0.3, -0.25) is 9.88 Å². The van der Waals surface area contributed by atoms with Gasteiger partial charge in [-0.25, -0.2) is 0 Å². The van der Waals surface area contributed by atoms with E-state index in [0.29, 0.717) is 37.2 Å². The summed E-state index contributed by atoms with van der Waals surface area (Å²) in [5.41, 5.74) is -1.37. The highest BCUT2D eigenvalue weighted by molar-refractivity contribution is 5.40. The number of likely N-dealkylation sites (tertiary alicyclic amines) is 1. The molecule has 0 aromatic carbocycles. The first-order valence-corrected chi connectivity index (χ1v) is 10.2. The zero-order valence-electron chi connectivity index (χ0n) is 16.9. The molecule has 0 radical (unpaired) electrons. The molecule has 5 nitrogen and oxygen atoms in total. The minimum Gasteiger partial charge on any atom is -0.489 e. The molecule has 8 heteroatoms. The lowest BCUT2D eigenvalue weighted by Crippen LogP contribution is -2.57. The Bertz CT molecular complexity index is 717. The third-order valence-electron chi connectivity index (χ3n) is 6.13. The number of pyridine rings is 1. The summed E-state index contributed by atoms with van der Waals surface area (Å²) < 4.78 is 51.8. The highest BCUT2D eigenvalue weighted by Gasteiger charge is 2.51. The Hall–Kier alpha value is -1.85. The van der Waals surface area contributed by atoms with Crippen molar-refractivity contribution in [3.8, 4) is 11.8 Å². The van der Waals surface area contributed by atoms with Crippen LogP contribution in [0.25, 0.3) is 0 Å². The number of nitrogens with zero attached hydrogens (tertiary/aromatic N) is 3. The van der Waals surface area contributed by atoms with Gasteiger partial charge in [-0.2, -0.15) is 18.4 Å². The van der Waals surface area contributed by atoms with Crippen LogP contribution < -0.4 is 4.74 Å². The van der Waals surface area contributed by atoms with Crippen molar-refractivity contribution in [2.75, 3.05) is 13.1 Å². The zero-order chi connectivity index (χ0) is 21.1. The van der Waals surface area contributed by atoms with Crippen LogP contribution in [-0.2, 0) is 4.74 Å². The molecule has 1 aromatic heterocycles. The summed E-state index contributed by atoms with van der Waals surface area (Å²) in [5, 5.41) is 9.13. The highest BCUT2D eigenvalue weighted by atomic mass is 19.4. The molecule has 1 aliphatic carbocycles. The first kappa shape index (κ1) is 21.8. The smallest absolute Gasteiger partial charge is 0.406 e. The molecule has 2 aliphatic rings. The summed E-state index contributed by atoms with van der Waals surface area (Å²) in [5.74, 6) is 0.562. The van der Waals surface area contributed by atoms with Crippen molar-refractivity contribution in [3.63, 3.8) is 0 Å². The first-order chi connectivity index (χ1) is 13.7. The highest BCUT2D eigenvalue weighted by Crippen LogP contribution is 2.37. The van der Waals surface area contributed by atoms with Crippen LogP contribution in [0.3, 0.4) is 0 Å². The lowest BCUT2D eigenvalue weighted by Gasteiger charge is -2.44. The Balaban J connectivity index is 1.42. The molecule has 0 unspecified atom stereocenters. The summed E-state index contributed by atoms with van der Waals surface area (Å²) >= 11 is 0. The molecule has 29 heavy (non-hydrogen) atoms. The quantitative estimate of drug-likeness (QED) is 0.716. The van der Waals surface area contributed by atoms with Gasteiger partial charge >= 0.3 is 6.18 Å². The van der Waals surface area contributed by atoms with Gasteiger partial charge in [-0.1, -0.05) is 0 Å². The predicted molar refractivity (Wildman–Crippen MR) is 101 cm³/mol. The van der Waals surface area contributed by atoms with Gasteiger partial charge in [0.25, 0.3) is 0 Å². The number of ether oxygens (including phenoxy) is 2. The van der Waals surface area contributed by atoms with E-state index >= 15 is 0 Å². The Kier molecular flexibility index (Phi) is 6.69. The molecular weight excluding hydrogens is 383 g/mol. The summed E-state index contributed by atoms with van der Waals surface area (Å²) in [6.45, 7) is 3.29. The predicted octanol–water partition coefficient (Wildman–Crippen LogP) is 4.47. The van der Waals surface area contributed by atoms with Crippen LogP contribution in [0.2, 0.25) is 0 Å². The second-order valence-electron chi connectivity index (χ2n) is 8.38. The molecule has 0 N–H and O–H groups in total. The Morgan fingerprint density at radius 1 is 1.03 bits per heavy atom. The number of hydrogen-bond donors (Lipinski definition) is 0. The topological polar surface area (TPSA) is 58.4 Å². The van der Waals surface area contributed by atoms with E-state index in [4.69, 9.17) is 14.7 Å². The minimum atomic E-state index is -4.24. The second kappa shape index (κ2) is 8.88. The van der Waals surface area contributed by atoms with E-state index in [1.165, 1.54) is 24.9 Å². The maximum atomic E-state index is 13.2. The summed E-state index contributed by atoms with van der Waals surface area (Å²) in [4.78, 5) is 5.44. The number of hydrogen-bond acceptors (Lipinski definition) is 5. The Morgan fingerprint density at radius 3 is 2.21 bits per heavy atom. The zero-order valence-corrected chi connectivity index (χ0v) is 16.9. The lowest BCUT2D eigenvalue weighted by molar-refractivity contribution is -0.226. The fourth-order valence-corrected chi connectivity index (χ4v) is 4.04. The largest absolute Gasteiger partial charge is 0.489 e. The van der Waals surface area contributed by atoms with E-state index in [2.05, 4.69) is 11.1 Å². The number of rotatable bonds is 5. The van der Waals surface area contributed by atoms with E-state index in [1.54, 1.807) is 12.3 Å². The average Bonchev–Trinajstić information content (AvgIpc) is 2.69. The molecule has 3 rings (SSSR count). The van der Waals surface area contributed by atoms with Gasteiger partial charge in [-0.05, 0) is 58.4 Å².